The van der Waals surface area contributed by atoms with Crippen LogP contribution in [0.15, 0.2) is 30.1 Å². The third-order valence-corrected chi connectivity index (χ3v) is 6.26. The summed E-state index contributed by atoms with van der Waals surface area (Å²) in [6, 6.07) is 2.91. The van der Waals surface area contributed by atoms with Gasteiger partial charge in [-0.25, -0.2) is 0 Å². The number of aromatic nitrogens is 3. The summed E-state index contributed by atoms with van der Waals surface area (Å²) in [5.41, 5.74) is 2.61. The molecule has 170 valence electrons. The maximum absolute atomic E-state index is 13.1. The van der Waals surface area contributed by atoms with Crippen molar-refractivity contribution >= 4 is 17.4 Å². The van der Waals surface area contributed by atoms with Gasteiger partial charge in [0.05, 0.1) is 36.1 Å². The van der Waals surface area contributed by atoms with Gasteiger partial charge in [-0.2, -0.15) is 5.10 Å². The lowest BCUT2D eigenvalue weighted by Gasteiger charge is -2.29. The van der Waals surface area contributed by atoms with Gasteiger partial charge in [-0.1, -0.05) is 6.07 Å². The Morgan fingerprint density at radius 1 is 1.22 bits per heavy atom. The van der Waals surface area contributed by atoms with Gasteiger partial charge in [0, 0.05) is 51.3 Å². The number of carbonyl (C=O) groups excluding carboxylic acids is 2. The lowest BCUT2D eigenvalue weighted by Crippen LogP contribution is -2.39. The number of likely N-dealkylation sites (tertiary alicyclic amines) is 1. The Labute approximate surface area is 187 Å². The molecule has 1 amide bonds. The van der Waals surface area contributed by atoms with E-state index >= 15 is 0 Å². The van der Waals surface area contributed by atoms with Gasteiger partial charge in [0.15, 0.2) is 0 Å². The van der Waals surface area contributed by atoms with Crippen LogP contribution in [0.1, 0.15) is 35.0 Å². The third-order valence-electron chi connectivity index (χ3n) is 6.26. The van der Waals surface area contributed by atoms with E-state index < -0.39 is 17.7 Å². The molecule has 0 bridgehead atoms. The molecule has 0 aromatic carbocycles. The van der Waals surface area contributed by atoms with E-state index in [1.807, 2.05) is 13.0 Å². The van der Waals surface area contributed by atoms with Gasteiger partial charge in [0.25, 0.3) is 11.7 Å². The van der Waals surface area contributed by atoms with Crippen molar-refractivity contribution in [1.82, 2.24) is 24.6 Å². The topological polar surface area (TPSA) is 101 Å². The Bertz CT molecular complexity index is 1040. The normalized spacial score (nSPS) is 21.5. The van der Waals surface area contributed by atoms with Crippen LogP contribution in [0.3, 0.4) is 0 Å². The number of nitrogens with zero attached hydrogens (tertiary/aromatic N) is 5. The summed E-state index contributed by atoms with van der Waals surface area (Å²) in [5.74, 6) is -1.46. The second-order valence-corrected chi connectivity index (χ2v) is 8.26. The van der Waals surface area contributed by atoms with E-state index in [0.29, 0.717) is 36.6 Å². The fraction of sp³-hybridized carbons (Fsp3) is 0.478. The van der Waals surface area contributed by atoms with E-state index in [1.54, 1.807) is 42.0 Å². The Morgan fingerprint density at radius 2 is 1.97 bits per heavy atom. The van der Waals surface area contributed by atoms with Gasteiger partial charge < -0.3 is 14.7 Å². The van der Waals surface area contributed by atoms with Crippen molar-refractivity contribution in [3.8, 4) is 0 Å². The number of hydrogen-bond acceptors (Lipinski definition) is 7. The summed E-state index contributed by atoms with van der Waals surface area (Å²) in [4.78, 5) is 34.2. The highest BCUT2D eigenvalue weighted by Crippen LogP contribution is 2.40. The minimum Gasteiger partial charge on any atom is -0.507 e. The average Bonchev–Trinajstić information content (AvgIpc) is 3.20. The zero-order chi connectivity index (χ0) is 22.8. The van der Waals surface area contributed by atoms with E-state index in [-0.39, 0.29) is 11.3 Å². The van der Waals surface area contributed by atoms with Crippen LogP contribution in [0.2, 0.25) is 0 Å². The molecule has 2 aromatic rings. The van der Waals surface area contributed by atoms with Crippen LogP contribution in [0, 0.1) is 13.8 Å². The zero-order valence-electron chi connectivity index (χ0n) is 18.7. The van der Waals surface area contributed by atoms with E-state index in [4.69, 9.17) is 4.74 Å². The minimum atomic E-state index is -0.688. The highest BCUT2D eigenvalue weighted by molar-refractivity contribution is 6.46. The first-order valence-electron chi connectivity index (χ1n) is 10.9. The van der Waals surface area contributed by atoms with Crippen molar-refractivity contribution in [3.05, 3.63) is 52.6 Å². The zero-order valence-corrected chi connectivity index (χ0v) is 18.7. The molecular formula is C23H29N5O4. The lowest BCUT2D eigenvalue weighted by molar-refractivity contribution is -0.140. The van der Waals surface area contributed by atoms with Crippen LogP contribution in [0.4, 0.5) is 0 Å². The minimum absolute atomic E-state index is 0.0913. The Morgan fingerprint density at radius 3 is 2.59 bits per heavy atom. The molecule has 4 heterocycles. The maximum Gasteiger partial charge on any atom is 0.295 e. The molecule has 0 radical (unpaired) electrons. The average molecular weight is 440 g/mol. The second kappa shape index (κ2) is 9.22. The Balaban J connectivity index is 1.69. The Kier molecular flexibility index (Phi) is 6.38. The van der Waals surface area contributed by atoms with Crippen molar-refractivity contribution in [2.24, 2.45) is 7.05 Å². The molecule has 32 heavy (non-hydrogen) atoms. The first kappa shape index (κ1) is 22.2. The van der Waals surface area contributed by atoms with Gasteiger partial charge >= 0.3 is 0 Å². The molecule has 2 aromatic heterocycles. The first-order valence-corrected chi connectivity index (χ1v) is 10.9. The van der Waals surface area contributed by atoms with Crippen LogP contribution >= 0.6 is 0 Å². The van der Waals surface area contributed by atoms with E-state index in [0.717, 1.165) is 31.7 Å². The molecule has 2 aliphatic heterocycles. The molecule has 0 spiro atoms. The highest BCUT2D eigenvalue weighted by Gasteiger charge is 2.46. The second-order valence-electron chi connectivity index (χ2n) is 8.26. The van der Waals surface area contributed by atoms with Gasteiger partial charge in [-0.05, 0) is 31.9 Å². The first-order chi connectivity index (χ1) is 15.4. The number of aliphatic hydroxyl groups excluding tert-OH is 1. The predicted molar refractivity (Wildman–Crippen MR) is 118 cm³/mol. The van der Waals surface area contributed by atoms with Crippen LogP contribution in [0.25, 0.3) is 5.76 Å². The molecule has 1 unspecified atom stereocenters. The number of amides is 1. The molecule has 2 aliphatic rings. The van der Waals surface area contributed by atoms with E-state index in [9.17, 15) is 14.7 Å². The van der Waals surface area contributed by atoms with Gasteiger partial charge in [0.2, 0.25) is 0 Å². The summed E-state index contributed by atoms with van der Waals surface area (Å²) in [6.45, 7) is 7.98. The van der Waals surface area contributed by atoms with E-state index in [2.05, 4.69) is 15.0 Å². The molecular weight excluding hydrogens is 410 g/mol. The monoisotopic (exact) mass is 439 g/mol. The molecule has 4 rings (SSSR count). The lowest BCUT2D eigenvalue weighted by atomic mass is 9.95. The number of ketones is 1. The number of ether oxygens (including phenoxy) is 1. The number of pyridine rings is 1. The third kappa shape index (κ3) is 4.05. The van der Waals surface area contributed by atoms with Gasteiger partial charge in [0.1, 0.15) is 5.76 Å². The van der Waals surface area contributed by atoms with Crippen LogP contribution in [-0.4, -0.2) is 80.8 Å². The molecule has 9 heteroatoms. The number of rotatable bonds is 6. The van der Waals surface area contributed by atoms with Crippen molar-refractivity contribution < 1.29 is 19.4 Å². The number of aliphatic hydroxyl groups is 1. The summed E-state index contributed by atoms with van der Waals surface area (Å²) in [6.07, 6.45) is 4.00. The van der Waals surface area contributed by atoms with Gasteiger partial charge in [-0.15, -0.1) is 0 Å². The quantitative estimate of drug-likeness (QED) is 0.414. The summed E-state index contributed by atoms with van der Waals surface area (Å²) < 4.78 is 7.05. The fourth-order valence-corrected chi connectivity index (χ4v) is 4.54. The number of carbonyl (C=O) groups is 2. The highest BCUT2D eigenvalue weighted by atomic mass is 16.5. The number of morpholine rings is 1. The number of Topliss-reactive ketones (excluding diaryl/α,β-unsaturated/α-hetero) is 1. The maximum atomic E-state index is 13.1. The SMILES string of the molecule is Cc1nn(C)c(C)c1/C(O)=C1\C(=O)C(=O)N(CCCN2CCOCC2)C1c1cccnc1. The van der Waals surface area contributed by atoms with E-state index in [1.165, 1.54) is 0 Å². The summed E-state index contributed by atoms with van der Waals surface area (Å²) >= 11 is 0. The molecule has 9 nitrogen and oxygen atoms in total. The molecule has 0 saturated carbocycles. The summed E-state index contributed by atoms with van der Waals surface area (Å²) in [7, 11) is 1.78. The van der Waals surface area contributed by atoms with Crippen LogP contribution in [-0.2, 0) is 21.4 Å². The molecule has 1 atom stereocenters. The number of aryl methyl sites for hydroxylation is 2. The Hall–Kier alpha value is -3.04. The van der Waals surface area contributed by atoms with Crippen molar-refractivity contribution in [2.45, 2.75) is 26.3 Å². The van der Waals surface area contributed by atoms with Crippen molar-refractivity contribution in [2.75, 3.05) is 39.4 Å². The molecule has 2 fully saturated rings. The molecule has 1 N–H and O–H groups in total. The standard InChI is InChI=1S/C23H29N5O4/c1-15-18(16(2)26(3)25-15)21(29)19-20(17-6-4-7-24-14-17)28(23(31)22(19)30)9-5-8-27-10-12-32-13-11-27/h4,6-7,14,20,29H,5,8-13H2,1-3H3/b21-19+. The fourth-order valence-electron chi connectivity index (χ4n) is 4.54. The largest absolute Gasteiger partial charge is 0.507 e. The molecule has 0 aliphatic carbocycles. The van der Waals surface area contributed by atoms with Crippen LogP contribution < -0.4 is 0 Å². The smallest absolute Gasteiger partial charge is 0.295 e. The predicted octanol–water partition coefficient (Wildman–Crippen LogP) is 1.58. The van der Waals surface area contributed by atoms with Crippen molar-refractivity contribution in [3.63, 3.8) is 0 Å². The molecule has 2 saturated heterocycles. The van der Waals surface area contributed by atoms with Crippen molar-refractivity contribution in [1.29, 1.82) is 0 Å². The number of hydrogen-bond donors (Lipinski definition) is 1. The van der Waals surface area contributed by atoms with Crippen LogP contribution in [0.5, 0.6) is 0 Å². The summed E-state index contributed by atoms with van der Waals surface area (Å²) in [5, 5.41) is 15.6. The van der Waals surface area contributed by atoms with Gasteiger partial charge in [-0.3, -0.25) is 24.2 Å².